The van der Waals surface area contributed by atoms with Gasteiger partial charge in [-0.3, -0.25) is 4.79 Å². The number of esters is 1. The molecule has 0 aliphatic carbocycles. The lowest BCUT2D eigenvalue weighted by atomic mass is 10.2. The summed E-state index contributed by atoms with van der Waals surface area (Å²) in [6, 6.07) is 0.236. The highest BCUT2D eigenvalue weighted by atomic mass is 16.5. The van der Waals surface area contributed by atoms with Crippen LogP contribution in [-0.4, -0.2) is 49.6 Å². The van der Waals surface area contributed by atoms with E-state index >= 15 is 0 Å². The second kappa shape index (κ2) is 6.27. The number of rotatable bonds is 4. The highest BCUT2D eigenvalue weighted by Crippen LogP contribution is 2.08. The minimum absolute atomic E-state index is 0.137. The van der Waals surface area contributed by atoms with Crippen LogP contribution in [0.2, 0.25) is 0 Å². The first-order valence-electron chi connectivity index (χ1n) is 5.46. The van der Waals surface area contributed by atoms with Gasteiger partial charge >= 0.3 is 5.97 Å². The molecule has 0 bridgehead atoms. The van der Waals surface area contributed by atoms with E-state index in [4.69, 9.17) is 0 Å². The molecule has 1 aliphatic heterocycles. The molecule has 0 spiro atoms. The molecule has 90 valence electrons. The Morgan fingerprint density at radius 1 is 1.50 bits per heavy atom. The molecule has 0 aromatic heterocycles. The number of nitrogens with one attached hydrogen (secondary N) is 1. The molecule has 1 fully saturated rings. The number of carbonyl (C=O) groups is 2. The van der Waals surface area contributed by atoms with Gasteiger partial charge in [-0.2, -0.15) is 0 Å². The molecule has 1 rings (SSSR count). The second-order valence-corrected chi connectivity index (χ2v) is 3.63. The number of methoxy groups -OCH3 is 1. The minimum Gasteiger partial charge on any atom is -0.466 e. The molecular formula is C11H18N2O3. The van der Waals surface area contributed by atoms with Gasteiger partial charge in [-0.15, -0.1) is 0 Å². The molecule has 0 radical (unpaired) electrons. The van der Waals surface area contributed by atoms with E-state index in [2.05, 4.69) is 10.1 Å². The first-order chi connectivity index (χ1) is 7.69. The van der Waals surface area contributed by atoms with Gasteiger partial charge in [0.05, 0.1) is 7.11 Å². The van der Waals surface area contributed by atoms with E-state index in [1.165, 1.54) is 13.2 Å². The maximum absolute atomic E-state index is 11.8. The predicted octanol–water partition coefficient (Wildman–Crippen LogP) is -0.0740. The molecule has 1 heterocycles. The van der Waals surface area contributed by atoms with E-state index in [0.717, 1.165) is 25.6 Å². The van der Waals surface area contributed by atoms with Crippen LogP contribution in [0.15, 0.2) is 12.2 Å². The normalized spacial score (nSPS) is 20.0. The van der Waals surface area contributed by atoms with E-state index in [1.807, 2.05) is 6.92 Å². The molecule has 1 unspecified atom stereocenters. The number of nitrogens with zero attached hydrogens (tertiary/aromatic N) is 1. The van der Waals surface area contributed by atoms with Crippen molar-refractivity contribution in [3.63, 3.8) is 0 Å². The van der Waals surface area contributed by atoms with Crippen molar-refractivity contribution < 1.29 is 14.3 Å². The van der Waals surface area contributed by atoms with Crippen LogP contribution in [0.3, 0.4) is 0 Å². The zero-order chi connectivity index (χ0) is 12.0. The summed E-state index contributed by atoms with van der Waals surface area (Å²) in [4.78, 5) is 24.4. The van der Waals surface area contributed by atoms with Crippen LogP contribution in [0.1, 0.15) is 13.3 Å². The highest BCUT2D eigenvalue weighted by Gasteiger charge is 2.23. The van der Waals surface area contributed by atoms with Gasteiger partial charge in [0.1, 0.15) is 0 Å². The first-order valence-corrected chi connectivity index (χ1v) is 5.46. The zero-order valence-corrected chi connectivity index (χ0v) is 9.73. The minimum atomic E-state index is -0.506. The quantitative estimate of drug-likeness (QED) is 0.538. The number of ether oxygens (including phenoxy) is 1. The summed E-state index contributed by atoms with van der Waals surface area (Å²) >= 11 is 0. The molecule has 5 nitrogen and oxygen atoms in total. The van der Waals surface area contributed by atoms with Crippen LogP contribution in [-0.2, 0) is 14.3 Å². The monoisotopic (exact) mass is 226 g/mol. The number of hydrogen-bond acceptors (Lipinski definition) is 4. The number of carbonyl (C=O) groups excluding carboxylic acids is 2. The molecule has 1 N–H and O–H groups in total. The zero-order valence-electron chi connectivity index (χ0n) is 9.73. The molecule has 1 amide bonds. The molecule has 16 heavy (non-hydrogen) atoms. The van der Waals surface area contributed by atoms with Gasteiger partial charge in [0.2, 0.25) is 5.91 Å². The van der Waals surface area contributed by atoms with Crippen molar-refractivity contribution in [2.75, 3.05) is 26.7 Å². The summed E-state index contributed by atoms with van der Waals surface area (Å²) in [6.07, 6.45) is 3.40. The van der Waals surface area contributed by atoms with Crippen molar-refractivity contribution >= 4 is 11.9 Å². The average Bonchev–Trinajstić information content (AvgIpc) is 2.80. The smallest absolute Gasteiger partial charge is 0.330 e. The van der Waals surface area contributed by atoms with Crippen molar-refractivity contribution in [2.24, 2.45) is 0 Å². The Morgan fingerprint density at radius 2 is 2.25 bits per heavy atom. The maximum atomic E-state index is 11.8. The van der Waals surface area contributed by atoms with Crippen LogP contribution in [0, 0.1) is 0 Å². The summed E-state index contributed by atoms with van der Waals surface area (Å²) in [6.45, 7) is 4.35. The second-order valence-electron chi connectivity index (χ2n) is 3.63. The molecule has 5 heteroatoms. The molecule has 0 aromatic carbocycles. The molecule has 0 saturated carbocycles. The SMILES string of the molecule is CCN(C(=O)/C=C/C(=O)OC)C1CCNC1. The molecular weight excluding hydrogens is 208 g/mol. The summed E-state index contributed by atoms with van der Waals surface area (Å²) in [7, 11) is 1.29. The topological polar surface area (TPSA) is 58.6 Å². The Balaban J connectivity index is 2.55. The van der Waals surface area contributed by atoms with Gasteiger partial charge in [-0.05, 0) is 19.9 Å². The summed E-state index contributed by atoms with van der Waals surface area (Å²) < 4.78 is 4.43. The average molecular weight is 226 g/mol. The summed E-state index contributed by atoms with van der Waals surface area (Å²) in [5.41, 5.74) is 0. The number of hydrogen-bond donors (Lipinski definition) is 1. The van der Waals surface area contributed by atoms with E-state index in [0.29, 0.717) is 6.54 Å². The van der Waals surface area contributed by atoms with Crippen molar-refractivity contribution in [1.82, 2.24) is 10.2 Å². The maximum Gasteiger partial charge on any atom is 0.330 e. The third-order valence-corrected chi connectivity index (χ3v) is 2.66. The fourth-order valence-corrected chi connectivity index (χ4v) is 1.80. The van der Waals surface area contributed by atoms with E-state index in [-0.39, 0.29) is 11.9 Å². The van der Waals surface area contributed by atoms with Crippen LogP contribution in [0.5, 0.6) is 0 Å². The molecule has 1 aliphatic rings. The van der Waals surface area contributed by atoms with Gasteiger partial charge in [0.15, 0.2) is 0 Å². The van der Waals surface area contributed by atoms with Crippen LogP contribution < -0.4 is 5.32 Å². The van der Waals surface area contributed by atoms with Crippen LogP contribution in [0.25, 0.3) is 0 Å². The molecule has 1 saturated heterocycles. The first kappa shape index (κ1) is 12.7. The number of amides is 1. The van der Waals surface area contributed by atoms with Gasteiger partial charge in [-0.1, -0.05) is 0 Å². The van der Waals surface area contributed by atoms with Gasteiger partial charge in [0.25, 0.3) is 0 Å². The van der Waals surface area contributed by atoms with Crippen LogP contribution >= 0.6 is 0 Å². The van der Waals surface area contributed by atoms with Gasteiger partial charge in [0, 0.05) is 31.3 Å². The Labute approximate surface area is 95.4 Å². The van der Waals surface area contributed by atoms with Crippen molar-refractivity contribution in [3.05, 3.63) is 12.2 Å². The van der Waals surface area contributed by atoms with Gasteiger partial charge < -0.3 is 15.0 Å². The third kappa shape index (κ3) is 3.34. The Kier molecular flexibility index (Phi) is 4.98. The van der Waals surface area contributed by atoms with Crippen molar-refractivity contribution in [3.8, 4) is 0 Å². The number of likely N-dealkylation sites (N-methyl/N-ethyl adjacent to an activating group) is 1. The third-order valence-electron chi connectivity index (χ3n) is 2.66. The fraction of sp³-hybridized carbons (Fsp3) is 0.636. The Bertz CT molecular complexity index is 283. The highest BCUT2D eigenvalue weighted by molar-refractivity contribution is 5.94. The lowest BCUT2D eigenvalue weighted by molar-refractivity contribution is -0.135. The largest absolute Gasteiger partial charge is 0.466 e. The molecule has 1 atom stereocenters. The Morgan fingerprint density at radius 3 is 2.75 bits per heavy atom. The van der Waals surface area contributed by atoms with Crippen LogP contribution in [0.4, 0.5) is 0 Å². The fourth-order valence-electron chi connectivity index (χ4n) is 1.80. The van der Waals surface area contributed by atoms with Gasteiger partial charge in [-0.25, -0.2) is 4.79 Å². The summed E-state index contributed by atoms with van der Waals surface area (Å²) in [5, 5.41) is 3.21. The lowest BCUT2D eigenvalue weighted by Gasteiger charge is -2.25. The van der Waals surface area contributed by atoms with E-state index in [9.17, 15) is 9.59 Å². The van der Waals surface area contributed by atoms with Crippen molar-refractivity contribution in [2.45, 2.75) is 19.4 Å². The summed E-state index contributed by atoms with van der Waals surface area (Å²) in [5.74, 6) is -0.643. The van der Waals surface area contributed by atoms with Crippen molar-refractivity contribution in [1.29, 1.82) is 0 Å². The standard InChI is InChI=1S/C11H18N2O3/c1-3-13(9-6-7-12-8-9)10(14)4-5-11(15)16-2/h4-5,9,12H,3,6-8H2,1-2H3/b5-4+. The van der Waals surface area contributed by atoms with E-state index in [1.54, 1.807) is 4.90 Å². The predicted molar refractivity (Wildman–Crippen MR) is 59.8 cm³/mol. The lowest BCUT2D eigenvalue weighted by Crippen LogP contribution is -2.40. The van der Waals surface area contributed by atoms with E-state index < -0.39 is 5.97 Å². The molecule has 0 aromatic rings. The Hall–Kier alpha value is -1.36.